The molecule has 0 spiro atoms. The number of Topliss-reactive ketones (excluding diaryl/α,β-unsaturated/α-hetero) is 1. The fourth-order valence-electron chi connectivity index (χ4n) is 1.42. The van der Waals surface area contributed by atoms with Crippen molar-refractivity contribution in [3.63, 3.8) is 0 Å². The summed E-state index contributed by atoms with van der Waals surface area (Å²) in [5, 5.41) is 9.53. The molecule has 12 heavy (non-hydrogen) atoms. The summed E-state index contributed by atoms with van der Waals surface area (Å²) in [4.78, 5) is 11.3. The van der Waals surface area contributed by atoms with Gasteiger partial charge in [0.05, 0.1) is 0 Å². The van der Waals surface area contributed by atoms with Crippen LogP contribution in [-0.4, -0.2) is 17.0 Å². The van der Waals surface area contributed by atoms with Gasteiger partial charge in [-0.1, -0.05) is 18.2 Å². The van der Waals surface area contributed by atoms with Gasteiger partial charge in [-0.25, -0.2) is 0 Å². The van der Waals surface area contributed by atoms with Crippen LogP contribution in [0.5, 0.6) is 0 Å². The second-order valence-electron chi connectivity index (χ2n) is 3.38. The second-order valence-corrected chi connectivity index (χ2v) is 3.38. The van der Waals surface area contributed by atoms with E-state index in [1.807, 2.05) is 13.0 Å². The molecular formula is C10H14O2. The first-order chi connectivity index (χ1) is 5.54. The van der Waals surface area contributed by atoms with Crippen molar-refractivity contribution in [1.29, 1.82) is 0 Å². The van der Waals surface area contributed by atoms with Crippen molar-refractivity contribution >= 4 is 5.78 Å². The number of carbonyl (C=O) groups excluding carboxylic acids is 1. The number of rotatable bonds is 1. The average molecular weight is 166 g/mol. The van der Waals surface area contributed by atoms with Gasteiger partial charge in [-0.3, -0.25) is 4.79 Å². The maximum absolute atomic E-state index is 11.3. The Labute approximate surface area is 72.6 Å². The van der Waals surface area contributed by atoms with Crippen molar-refractivity contribution < 1.29 is 9.90 Å². The molecule has 2 nitrogen and oxygen atoms in total. The lowest BCUT2D eigenvalue weighted by atomic mass is 9.83. The van der Waals surface area contributed by atoms with Gasteiger partial charge in [0.25, 0.3) is 0 Å². The van der Waals surface area contributed by atoms with Crippen LogP contribution in [0.1, 0.15) is 20.3 Å². The standard InChI is InChI=1S/C10H14O2/c1-6(2)8-5-4-7(3)9(11)10(8)12/h4,8,10,12H,1,5H2,2-3H3/t8-,10?/m0/s1. The first-order valence-corrected chi connectivity index (χ1v) is 4.08. The number of carbonyl (C=O) groups is 1. The summed E-state index contributed by atoms with van der Waals surface area (Å²) < 4.78 is 0. The zero-order valence-corrected chi connectivity index (χ0v) is 7.50. The third-order valence-corrected chi connectivity index (χ3v) is 2.35. The van der Waals surface area contributed by atoms with E-state index in [1.54, 1.807) is 6.92 Å². The van der Waals surface area contributed by atoms with Crippen LogP contribution in [0, 0.1) is 5.92 Å². The Hall–Kier alpha value is -0.890. The SMILES string of the molecule is C=C(C)[C@@H]1CC=C(C)C(=O)C1O. The number of aliphatic hydroxyl groups excluding tert-OH is 1. The van der Waals surface area contributed by atoms with E-state index < -0.39 is 6.10 Å². The number of hydrogen-bond donors (Lipinski definition) is 1. The summed E-state index contributed by atoms with van der Waals surface area (Å²) in [6.07, 6.45) is 1.73. The minimum Gasteiger partial charge on any atom is -0.384 e. The number of aliphatic hydroxyl groups is 1. The van der Waals surface area contributed by atoms with Crippen LogP contribution in [0.2, 0.25) is 0 Å². The summed E-state index contributed by atoms with van der Waals surface area (Å²) in [6, 6.07) is 0. The Morgan fingerprint density at radius 1 is 1.75 bits per heavy atom. The van der Waals surface area contributed by atoms with E-state index in [9.17, 15) is 9.90 Å². The van der Waals surface area contributed by atoms with Crippen LogP contribution >= 0.6 is 0 Å². The lowest BCUT2D eigenvalue weighted by Crippen LogP contribution is -2.33. The number of allylic oxidation sites excluding steroid dienone is 1. The molecule has 0 saturated heterocycles. The van der Waals surface area contributed by atoms with Crippen LogP contribution in [-0.2, 0) is 4.79 Å². The molecule has 1 N–H and O–H groups in total. The maximum Gasteiger partial charge on any atom is 0.187 e. The third kappa shape index (κ3) is 1.48. The molecule has 1 unspecified atom stereocenters. The fourth-order valence-corrected chi connectivity index (χ4v) is 1.42. The van der Waals surface area contributed by atoms with Crippen molar-refractivity contribution in [2.24, 2.45) is 5.92 Å². The second kappa shape index (κ2) is 3.23. The van der Waals surface area contributed by atoms with E-state index in [-0.39, 0.29) is 11.7 Å². The van der Waals surface area contributed by atoms with Gasteiger partial charge in [0, 0.05) is 5.92 Å². The van der Waals surface area contributed by atoms with E-state index in [2.05, 4.69) is 6.58 Å². The van der Waals surface area contributed by atoms with Crippen LogP contribution < -0.4 is 0 Å². The van der Waals surface area contributed by atoms with E-state index in [4.69, 9.17) is 0 Å². The van der Waals surface area contributed by atoms with E-state index >= 15 is 0 Å². The Morgan fingerprint density at radius 2 is 2.33 bits per heavy atom. The topological polar surface area (TPSA) is 37.3 Å². The minimum atomic E-state index is -0.868. The Kier molecular flexibility index (Phi) is 2.48. The molecule has 0 saturated carbocycles. The Balaban J connectivity index is 2.87. The van der Waals surface area contributed by atoms with E-state index in [0.29, 0.717) is 5.57 Å². The highest BCUT2D eigenvalue weighted by Gasteiger charge is 2.30. The molecular weight excluding hydrogens is 152 g/mol. The van der Waals surface area contributed by atoms with Crippen molar-refractivity contribution in [2.75, 3.05) is 0 Å². The van der Waals surface area contributed by atoms with Gasteiger partial charge >= 0.3 is 0 Å². The zero-order valence-electron chi connectivity index (χ0n) is 7.50. The molecule has 0 aromatic heterocycles. The first-order valence-electron chi connectivity index (χ1n) is 4.08. The highest BCUT2D eigenvalue weighted by atomic mass is 16.3. The quantitative estimate of drug-likeness (QED) is 0.599. The Morgan fingerprint density at radius 3 is 2.83 bits per heavy atom. The molecule has 2 atom stereocenters. The van der Waals surface area contributed by atoms with Crippen molar-refractivity contribution in [1.82, 2.24) is 0 Å². The predicted molar refractivity (Wildman–Crippen MR) is 47.7 cm³/mol. The molecule has 0 bridgehead atoms. The molecule has 1 rings (SSSR count). The number of hydrogen-bond acceptors (Lipinski definition) is 2. The van der Waals surface area contributed by atoms with Crippen molar-refractivity contribution in [3.05, 3.63) is 23.8 Å². The van der Waals surface area contributed by atoms with E-state index in [1.165, 1.54) is 0 Å². The van der Waals surface area contributed by atoms with Gasteiger partial charge in [-0.2, -0.15) is 0 Å². The third-order valence-electron chi connectivity index (χ3n) is 2.35. The molecule has 0 aromatic rings. The zero-order chi connectivity index (χ0) is 9.30. The molecule has 0 radical (unpaired) electrons. The lowest BCUT2D eigenvalue weighted by Gasteiger charge is -2.25. The summed E-state index contributed by atoms with van der Waals surface area (Å²) in [7, 11) is 0. The van der Waals surface area contributed by atoms with Gasteiger partial charge < -0.3 is 5.11 Å². The van der Waals surface area contributed by atoms with E-state index in [0.717, 1.165) is 12.0 Å². The van der Waals surface area contributed by atoms with Crippen molar-refractivity contribution in [3.8, 4) is 0 Å². The molecule has 0 aromatic carbocycles. The smallest absolute Gasteiger partial charge is 0.187 e. The van der Waals surface area contributed by atoms with Gasteiger partial charge in [-0.05, 0) is 25.8 Å². The average Bonchev–Trinajstić information content (AvgIpc) is 2.00. The van der Waals surface area contributed by atoms with Gasteiger partial charge in [-0.15, -0.1) is 0 Å². The van der Waals surface area contributed by atoms with Crippen LogP contribution in [0.3, 0.4) is 0 Å². The van der Waals surface area contributed by atoms with Gasteiger partial charge in [0.1, 0.15) is 6.10 Å². The molecule has 2 heteroatoms. The minimum absolute atomic E-state index is 0.0822. The molecule has 0 aliphatic heterocycles. The summed E-state index contributed by atoms with van der Waals surface area (Å²) >= 11 is 0. The molecule has 0 heterocycles. The summed E-state index contributed by atoms with van der Waals surface area (Å²) in [5.74, 6) is -0.240. The monoisotopic (exact) mass is 166 g/mol. The maximum atomic E-state index is 11.3. The highest BCUT2D eigenvalue weighted by Crippen LogP contribution is 2.25. The normalized spacial score (nSPS) is 29.9. The molecule has 1 aliphatic carbocycles. The van der Waals surface area contributed by atoms with Crippen LogP contribution in [0.15, 0.2) is 23.8 Å². The molecule has 66 valence electrons. The molecule has 1 aliphatic rings. The van der Waals surface area contributed by atoms with Crippen LogP contribution in [0.25, 0.3) is 0 Å². The predicted octanol–water partition coefficient (Wildman–Crippen LogP) is 1.46. The summed E-state index contributed by atoms with van der Waals surface area (Å²) in [5.41, 5.74) is 1.54. The Bertz CT molecular complexity index is 251. The van der Waals surface area contributed by atoms with Gasteiger partial charge in [0.15, 0.2) is 5.78 Å². The lowest BCUT2D eigenvalue weighted by molar-refractivity contribution is -0.125. The van der Waals surface area contributed by atoms with Crippen molar-refractivity contribution in [2.45, 2.75) is 26.4 Å². The molecule has 0 amide bonds. The molecule has 0 fully saturated rings. The largest absolute Gasteiger partial charge is 0.384 e. The fraction of sp³-hybridized carbons (Fsp3) is 0.500. The highest BCUT2D eigenvalue weighted by molar-refractivity contribution is 5.99. The van der Waals surface area contributed by atoms with Gasteiger partial charge in [0.2, 0.25) is 0 Å². The summed E-state index contributed by atoms with van der Waals surface area (Å²) in [6.45, 7) is 7.33. The first kappa shape index (κ1) is 9.20. The van der Waals surface area contributed by atoms with Crippen LogP contribution in [0.4, 0.5) is 0 Å². The number of ketones is 1.